The minimum Gasteiger partial charge on any atom is -0.481 e. The number of amides is 1. The number of carbonyl (C=O) groups is 2. The maximum atomic E-state index is 12.6. The highest BCUT2D eigenvalue weighted by molar-refractivity contribution is 5.87. The van der Waals surface area contributed by atoms with Crippen LogP contribution in [0.4, 0.5) is 13.2 Å². The molecule has 1 saturated heterocycles. The van der Waals surface area contributed by atoms with Gasteiger partial charge in [-0.1, -0.05) is 12.2 Å². The van der Waals surface area contributed by atoms with Crippen LogP contribution in [0.2, 0.25) is 0 Å². The lowest BCUT2D eigenvalue weighted by atomic mass is 9.82. The summed E-state index contributed by atoms with van der Waals surface area (Å²) in [6.07, 6.45) is -1.96. The molecule has 2 bridgehead atoms. The fourth-order valence-corrected chi connectivity index (χ4v) is 3.35. The average molecular weight is 373 g/mol. The molecule has 0 aromatic carbocycles. The molecule has 0 saturated carbocycles. The molecule has 3 heterocycles. The molecule has 0 aliphatic carbocycles. The van der Waals surface area contributed by atoms with Gasteiger partial charge in [-0.25, -0.2) is 0 Å². The highest BCUT2D eigenvalue weighted by atomic mass is 19.4. The molecule has 1 fully saturated rings. The van der Waals surface area contributed by atoms with E-state index in [9.17, 15) is 27.9 Å². The van der Waals surface area contributed by atoms with Crippen LogP contribution < -0.4 is 5.32 Å². The molecule has 1 aromatic heterocycles. The molecule has 1 aromatic rings. The number of nitrogens with one attached hydrogen (secondary N) is 1. The summed E-state index contributed by atoms with van der Waals surface area (Å²) in [5, 5.41) is 15.4. The molecule has 3 rings (SSSR count). The molecule has 2 N–H and O–H groups in total. The lowest BCUT2D eigenvalue weighted by Gasteiger charge is -2.21. The topological polar surface area (TPSA) is 93.5 Å². The number of fused-ring (bicyclic) bond motifs is 2. The van der Waals surface area contributed by atoms with Crippen LogP contribution in [0, 0.1) is 18.8 Å². The van der Waals surface area contributed by atoms with E-state index >= 15 is 0 Å². The molecular weight excluding hydrogens is 355 g/mol. The van der Waals surface area contributed by atoms with Crippen molar-refractivity contribution in [1.29, 1.82) is 0 Å². The lowest BCUT2D eigenvalue weighted by Crippen LogP contribution is -2.42. The second-order valence-electron chi connectivity index (χ2n) is 6.38. The van der Waals surface area contributed by atoms with Crippen LogP contribution in [0.1, 0.15) is 17.8 Å². The zero-order valence-corrected chi connectivity index (χ0v) is 13.9. The summed E-state index contributed by atoms with van der Waals surface area (Å²) in [5.74, 6) is -3.24. The maximum absolute atomic E-state index is 12.6. The predicted octanol–water partition coefficient (Wildman–Crippen LogP) is 1.37. The SMILES string of the molecule is Cc1cc(C(F)(F)F)nn1CCCNC(=O)[C@H]1[C@H](C(=O)O)[C@H]2C=C[C@H]1O2. The minimum atomic E-state index is -4.49. The van der Waals surface area contributed by atoms with Crippen molar-refractivity contribution in [2.24, 2.45) is 11.8 Å². The highest BCUT2D eigenvalue weighted by Crippen LogP contribution is 2.39. The Morgan fingerprint density at radius 1 is 1.31 bits per heavy atom. The first-order valence-electron chi connectivity index (χ1n) is 8.14. The molecule has 1 amide bonds. The van der Waals surface area contributed by atoms with Crippen molar-refractivity contribution in [2.45, 2.75) is 38.3 Å². The molecule has 26 heavy (non-hydrogen) atoms. The number of carbonyl (C=O) groups excluding carboxylic acids is 1. The maximum Gasteiger partial charge on any atom is 0.435 e. The largest absolute Gasteiger partial charge is 0.481 e. The van der Waals surface area contributed by atoms with Gasteiger partial charge in [0.1, 0.15) is 5.92 Å². The highest BCUT2D eigenvalue weighted by Gasteiger charge is 2.53. The normalized spacial score (nSPS) is 27.1. The number of carboxylic acid groups (broad SMARTS) is 1. The van der Waals surface area contributed by atoms with E-state index in [4.69, 9.17) is 4.74 Å². The number of aromatic nitrogens is 2. The summed E-state index contributed by atoms with van der Waals surface area (Å²) in [7, 11) is 0. The predicted molar refractivity (Wildman–Crippen MR) is 82.0 cm³/mol. The number of nitrogens with zero attached hydrogens (tertiary/aromatic N) is 2. The standard InChI is InChI=1S/C16H18F3N3O4/c1-8-7-11(16(17,18)19)21-22(8)6-2-5-20-14(23)12-9-3-4-10(26-9)13(12)15(24)25/h3-4,7,9-10,12-13H,2,5-6H2,1H3,(H,20,23)(H,24,25)/t9-,10-,12-,13-/m1/s1. The summed E-state index contributed by atoms with van der Waals surface area (Å²) in [6, 6.07) is 0.967. The van der Waals surface area contributed by atoms with Gasteiger partial charge in [0.25, 0.3) is 0 Å². The minimum absolute atomic E-state index is 0.198. The van der Waals surface area contributed by atoms with Crippen molar-refractivity contribution < 1.29 is 32.6 Å². The smallest absolute Gasteiger partial charge is 0.435 e. The number of aryl methyl sites for hydroxylation is 2. The van der Waals surface area contributed by atoms with Crippen LogP contribution in [-0.4, -0.2) is 45.5 Å². The van der Waals surface area contributed by atoms with E-state index < -0.39 is 47.8 Å². The van der Waals surface area contributed by atoms with Crippen LogP contribution in [0.3, 0.4) is 0 Å². The van der Waals surface area contributed by atoms with Crippen molar-refractivity contribution in [3.8, 4) is 0 Å². The molecule has 2 aliphatic heterocycles. The molecule has 142 valence electrons. The van der Waals surface area contributed by atoms with Crippen LogP contribution in [0.5, 0.6) is 0 Å². The van der Waals surface area contributed by atoms with Gasteiger partial charge in [-0.15, -0.1) is 0 Å². The first-order valence-corrected chi connectivity index (χ1v) is 8.14. The third-order valence-electron chi connectivity index (χ3n) is 4.60. The zero-order chi connectivity index (χ0) is 19.1. The van der Waals surface area contributed by atoms with Gasteiger partial charge >= 0.3 is 12.1 Å². The quantitative estimate of drug-likeness (QED) is 0.580. The molecule has 0 spiro atoms. The van der Waals surface area contributed by atoms with Gasteiger partial charge in [-0.05, 0) is 19.4 Å². The number of aliphatic carboxylic acids is 1. The van der Waals surface area contributed by atoms with E-state index in [-0.39, 0.29) is 13.1 Å². The van der Waals surface area contributed by atoms with Gasteiger partial charge in [-0.3, -0.25) is 14.3 Å². The van der Waals surface area contributed by atoms with Crippen molar-refractivity contribution in [3.63, 3.8) is 0 Å². The molecule has 4 atom stereocenters. The third kappa shape index (κ3) is 3.46. The fraction of sp³-hybridized carbons (Fsp3) is 0.562. The van der Waals surface area contributed by atoms with E-state index in [0.717, 1.165) is 6.07 Å². The van der Waals surface area contributed by atoms with Crippen LogP contribution in [0.15, 0.2) is 18.2 Å². The van der Waals surface area contributed by atoms with Crippen LogP contribution >= 0.6 is 0 Å². The molecule has 2 aliphatic rings. The summed E-state index contributed by atoms with van der Waals surface area (Å²) >= 11 is 0. The summed E-state index contributed by atoms with van der Waals surface area (Å²) in [5.41, 5.74) is -0.574. The summed E-state index contributed by atoms with van der Waals surface area (Å²) < 4.78 is 44.5. The van der Waals surface area contributed by atoms with Crippen molar-refractivity contribution in [3.05, 3.63) is 29.6 Å². The number of ether oxygens (including phenoxy) is 1. The number of halogens is 3. The van der Waals surface area contributed by atoms with E-state index in [1.54, 1.807) is 12.2 Å². The second-order valence-corrected chi connectivity index (χ2v) is 6.38. The summed E-state index contributed by atoms with van der Waals surface area (Å²) in [6.45, 7) is 1.93. The van der Waals surface area contributed by atoms with Gasteiger partial charge in [0, 0.05) is 18.8 Å². The number of carboxylic acids is 1. The number of alkyl halides is 3. The third-order valence-corrected chi connectivity index (χ3v) is 4.60. The Morgan fingerprint density at radius 2 is 1.96 bits per heavy atom. The Labute approximate surface area is 146 Å². The van der Waals surface area contributed by atoms with E-state index in [1.807, 2.05) is 0 Å². The van der Waals surface area contributed by atoms with Crippen molar-refractivity contribution >= 4 is 11.9 Å². The van der Waals surface area contributed by atoms with Crippen molar-refractivity contribution in [1.82, 2.24) is 15.1 Å². The monoisotopic (exact) mass is 373 g/mol. The lowest BCUT2D eigenvalue weighted by molar-refractivity contribution is -0.146. The van der Waals surface area contributed by atoms with Crippen LogP contribution in [0.25, 0.3) is 0 Å². The second kappa shape index (κ2) is 6.75. The average Bonchev–Trinajstić information content (AvgIpc) is 3.24. The molecule has 10 heteroatoms. The van der Waals surface area contributed by atoms with Gasteiger partial charge in [0.2, 0.25) is 5.91 Å². The Morgan fingerprint density at radius 3 is 2.54 bits per heavy atom. The Balaban J connectivity index is 1.51. The Bertz CT molecular complexity index is 744. The first kappa shape index (κ1) is 18.4. The van der Waals surface area contributed by atoms with Gasteiger partial charge in [0.05, 0.1) is 18.1 Å². The van der Waals surface area contributed by atoms with Gasteiger partial charge < -0.3 is 15.2 Å². The Kier molecular flexibility index (Phi) is 4.78. The molecule has 0 unspecified atom stereocenters. The van der Waals surface area contributed by atoms with E-state index in [1.165, 1.54) is 11.6 Å². The number of hydrogen-bond donors (Lipinski definition) is 2. The van der Waals surface area contributed by atoms with Crippen LogP contribution in [-0.2, 0) is 27.0 Å². The van der Waals surface area contributed by atoms with E-state index in [2.05, 4.69) is 10.4 Å². The fourth-order valence-electron chi connectivity index (χ4n) is 3.35. The van der Waals surface area contributed by atoms with E-state index in [0.29, 0.717) is 12.1 Å². The zero-order valence-electron chi connectivity index (χ0n) is 13.9. The first-order chi connectivity index (χ1) is 12.2. The Hall–Kier alpha value is -2.36. The molecule has 0 radical (unpaired) electrons. The molecular formula is C16H18F3N3O4. The number of rotatable bonds is 6. The van der Waals surface area contributed by atoms with Gasteiger partial charge in [0.15, 0.2) is 5.69 Å². The van der Waals surface area contributed by atoms with Crippen molar-refractivity contribution in [2.75, 3.05) is 6.54 Å². The summed E-state index contributed by atoms with van der Waals surface area (Å²) in [4.78, 5) is 23.6. The molecule has 7 nitrogen and oxygen atoms in total. The van der Waals surface area contributed by atoms with Gasteiger partial charge in [-0.2, -0.15) is 18.3 Å². The number of hydrogen-bond acceptors (Lipinski definition) is 4.